The predicted octanol–water partition coefficient (Wildman–Crippen LogP) is 4.13. The Kier molecular flexibility index (Phi) is 8.16. The van der Waals surface area contributed by atoms with Gasteiger partial charge >= 0.3 is 5.97 Å². The lowest BCUT2D eigenvalue weighted by Gasteiger charge is -2.25. The smallest absolute Gasteiger partial charge is 0.310 e. The maximum atomic E-state index is 13.2. The topological polar surface area (TPSA) is 75.7 Å². The minimum absolute atomic E-state index is 0.119. The fourth-order valence-electron chi connectivity index (χ4n) is 3.25. The summed E-state index contributed by atoms with van der Waals surface area (Å²) >= 11 is 1.39. The highest BCUT2D eigenvalue weighted by Gasteiger charge is 2.23. The largest absolute Gasteiger partial charge is 0.469 e. The maximum absolute atomic E-state index is 13.2. The van der Waals surface area contributed by atoms with E-state index < -0.39 is 5.92 Å². The third-order valence-corrected chi connectivity index (χ3v) is 5.87. The van der Waals surface area contributed by atoms with E-state index in [9.17, 15) is 14.4 Å². The molecular formula is C25H26N2O4S. The molecule has 0 fully saturated rings. The van der Waals surface area contributed by atoms with Crippen LogP contribution in [0.3, 0.4) is 0 Å². The number of methoxy groups -OCH3 is 1. The zero-order chi connectivity index (χ0) is 22.9. The van der Waals surface area contributed by atoms with E-state index in [-0.39, 0.29) is 24.3 Å². The van der Waals surface area contributed by atoms with Crippen molar-refractivity contribution >= 4 is 29.1 Å². The molecule has 0 saturated carbocycles. The lowest BCUT2D eigenvalue weighted by atomic mass is 10.1. The number of thiophene rings is 1. The van der Waals surface area contributed by atoms with Crippen LogP contribution in [0.15, 0.2) is 72.1 Å². The van der Waals surface area contributed by atoms with Crippen LogP contribution in [0.5, 0.6) is 0 Å². The summed E-state index contributed by atoms with van der Waals surface area (Å²) in [6.07, 6.45) is 0. The van der Waals surface area contributed by atoms with Gasteiger partial charge in [-0.05, 0) is 34.7 Å². The molecule has 3 aromatic rings. The molecule has 3 rings (SSSR count). The second-order valence-corrected chi connectivity index (χ2v) is 8.40. The normalized spacial score (nSPS) is 11.4. The van der Waals surface area contributed by atoms with Crippen molar-refractivity contribution in [2.75, 3.05) is 13.7 Å². The van der Waals surface area contributed by atoms with Crippen LogP contribution in [-0.4, -0.2) is 36.3 Å². The number of carbonyl (C=O) groups is 3. The quantitative estimate of drug-likeness (QED) is 0.498. The highest BCUT2D eigenvalue weighted by atomic mass is 32.1. The summed E-state index contributed by atoms with van der Waals surface area (Å²) in [6.45, 7) is 2.76. The van der Waals surface area contributed by atoms with Gasteiger partial charge in [0.05, 0.1) is 17.9 Å². The van der Waals surface area contributed by atoms with E-state index in [0.717, 1.165) is 11.1 Å². The minimum atomic E-state index is -0.445. The number of hydrogen-bond acceptors (Lipinski definition) is 5. The fraction of sp³-hybridized carbons (Fsp3) is 0.240. The zero-order valence-corrected chi connectivity index (χ0v) is 18.9. The first kappa shape index (κ1) is 23.2. The summed E-state index contributed by atoms with van der Waals surface area (Å²) in [5.41, 5.74) is 2.39. The van der Waals surface area contributed by atoms with Crippen LogP contribution >= 0.6 is 11.3 Å². The molecule has 0 aliphatic heterocycles. The number of benzene rings is 2. The summed E-state index contributed by atoms with van der Waals surface area (Å²) < 4.78 is 4.83. The molecule has 7 heteroatoms. The molecule has 0 saturated heterocycles. The number of carbonyl (C=O) groups excluding carboxylic acids is 3. The summed E-state index contributed by atoms with van der Waals surface area (Å²) in [6, 6.07) is 20.4. The molecule has 2 aromatic carbocycles. The molecule has 1 aromatic heterocycles. The van der Waals surface area contributed by atoms with Crippen molar-refractivity contribution in [2.24, 2.45) is 5.92 Å². The molecule has 0 aliphatic carbocycles. The standard InChI is InChI=1S/C25H26N2O4S/c1-18(25(30)31-2)16-27(17-20-7-4-3-5-8-20)24(29)21-12-10-19(11-13-21)15-26-23(28)22-9-6-14-32-22/h3-14,18H,15-17H2,1-2H3,(H,26,28). The van der Waals surface area contributed by atoms with E-state index in [1.54, 1.807) is 30.0 Å². The molecule has 2 amide bonds. The lowest BCUT2D eigenvalue weighted by molar-refractivity contribution is -0.145. The molecule has 1 atom stereocenters. The lowest BCUT2D eigenvalue weighted by Crippen LogP contribution is -2.36. The third kappa shape index (κ3) is 6.28. The molecule has 0 bridgehead atoms. The van der Waals surface area contributed by atoms with Crippen molar-refractivity contribution in [1.82, 2.24) is 10.2 Å². The first-order chi connectivity index (χ1) is 15.5. The number of nitrogens with zero attached hydrogens (tertiary/aromatic N) is 1. The average Bonchev–Trinajstić information content (AvgIpc) is 3.37. The van der Waals surface area contributed by atoms with Crippen molar-refractivity contribution < 1.29 is 19.1 Å². The summed E-state index contributed by atoms with van der Waals surface area (Å²) in [5, 5.41) is 4.73. The minimum Gasteiger partial charge on any atom is -0.469 e. The zero-order valence-electron chi connectivity index (χ0n) is 18.1. The Balaban J connectivity index is 1.68. The van der Waals surface area contributed by atoms with E-state index >= 15 is 0 Å². The molecule has 1 N–H and O–H groups in total. The van der Waals surface area contributed by atoms with E-state index in [1.807, 2.05) is 53.9 Å². The van der Waals surface area contributed by atoms with Crippen LogP contribution in [0, 0.1) is 5.92 Å². The van der Waals surface area contributed by atoms with Gasteiger partial charge in [-0.15, -0.1) is 11.3 Å². The van der Waals surface area contributed by atoms with Crippen LogP contribution in [0.4, 0.5) is 0 Å². The van der Waals surface area contributed by atoms with E-state index in [2.05, 4.69) is 5.32 Å². The van der Waals surface area contributed by atoms with Crippen molar-refractivity contribution in [3.8, 4) is 0 Å². The summed E-state index contributed by atoms with van der Waals surface area (Å²) in [7, 11) is 1.35. The molecule has 0 aliphatic rings. The van der Waals surface area contributed by atoms with Gasteiger partial charge in [-0.1, -0.05) is 55.5 Å². The Morgan fingerprint density at radius 1 is 0.969 bits per heavy atom. The Labute approximate surface area is 191 Å². The van der Waals surface area contributed by atoms with Gasteiger partial charge in [0.1, 0.15) is 0 Å². The Bertz CT molecular complexity index is 1030. The highest BCUT2D eigenvalue weighted by molar-refractivity contribution is 7.12. The Morgan fingerprint density at radius 3 is 2.31 bits per heavy atom. The Morgan fingerprint density at radius 2 is 1.69 bits per heavy atom. The van der Waals surface area contributed by atoms with Crippen molar-refractivity contribution in [3.05, 3.63) is 93.7 Å². The molecule has 0 radical (unpaired) electrons. The fourth-order valence-corrected chi connectivity index (χ4v) is 3.89. The second-order valence-electron chi connectivity index (χ2n) is 7.45. The van der Waals surface area contributed by atoms with Crippen LogP contribution in [-0.2, 0) is 22.6 Å². The van der Waals surface area contributed by atoms with Crippen molar-refractivity contribution in [2.45, 2.75) is 20.0 Å². The molecule has 1 unspecified atom stereocenters. The van der Waals surface area contributed by atoms with Gasteiger partial charge in [0.2, 0.25) is 0 Å². The molecule has 166 valence electrons. The van der Waals surface area contributed by atoms with Gasteiger partial charge in [-0.25, -0.2) is 0 Å². The first-order valence-electron chi connectivity index (χ1n) is 10.3. The van der Waals surface area contributed by atoms with Crippen LogP contribution < -0.4 is 5.32 Å². The monoisotopic (exact) mass is 450 g/mol. The van der Waals surface area contributed by atoms with Crippen molar-refractivity contribution in [3.63, 3.8) is 0 Å². The number of nitrogens with one attached hydrogen (secondary N) is 1. The molecule has 32 heavy (non-hydrogen) atoms. The SMILES string of the molecule is COC(=O)C(C)CN(Cc1ccccc1)C(=O)c1ccc(CNC(=O)c2cccs2)cc1. The molecule has 6 nitrogen and oxygen atoms in total. The van der Waals surface area contributed by atoms with E-state index in [1.165, 1.54) is 18.4 Å². The number of hydrogen-bond donors (Lipinski definition) is 1. The summed E-state index contributed by atoms with van der Waals surface area (Å²) in [4.78, 5) is 39.6. The predicted molar refractivity (Wildman–Crippen MR) is 124 cm³/mol. The average molecular weight is 451 g/mol. The second kappa shape index (κ2) is 11.2. The van der Waals surface area contributed by atoms with E-state index in [0.29, 0.717) is 23.5 Å². The van der Waals surface area contributed by atoms with Gasteiger partial charge in [-0.3, -0.25) is 14.4 Å². The molecular weight excluding hydrogens is 424 g/mol. The first-order valence-corrected chi connectivity index (χ1v) is 11.2. The van der Waals surface area contributed by atoms with Gasteiger partial charge in [0.15, 0.2) is 0 Å². The van der Waals surface area contributed by atoms with Gasteiger partial charge in [0.25, 0.3) is 11.8 Å². The number of amides is 2. The van der Waals surface area contributed by atoms with Crippen LogP contribution in [0.1, 0.15) is 38.1 Å². The molecule has 1 heterocycles. The van der Waals surface area contributed by atoms with Gasteiger partial charge < -0.3 is 15.0 Å². The van der Waals surface area contributed by atoms with Crippen LogP contribution in [0.2, 0.25) is 0 Å². The molecule has 0 spiro atoms. The Hall–Kier alpha value is -3.45. The van der Waals surface area contributed by atoms with Crippen LogP contribution in [0.25, 0.3) is 0 Å². The third-order valence-electron chi connectivity index (χ3n) is 5.00. The van der Waals surface area contributed by atoms with Crippen molar-refractivity contribution in [1.29, 1.82) is 0 Å². The van der Waals surface area contributed by atoms with Gasteiger partial charge in [0, 0.05) is 25.2 Å². The number of rotatable bonds is 9. The summed E-state index contributed by atoms with van der Waals surface area (Å²) in [5.74, 6) is -1.09. The van der Waals surface area contributed by atoms with E-state index in [4.69, 9.17) is 4.74 Å². The highest BCUT2D eigenvalue weighted by Crippen LogP contribution is 2.15. The number of ether oxygens (including phenoxy) is 1. The maximum Gasteiger partial charge on any atom is 0.310 e. The van der Waals surface area contributed by atoms with Gasteiger partial charge in [-0.2, -0.15) is 0 Å². The number of esters is 1.